The molecule has 2 aromatic carbocycles. The summed E-state index contributed by atoms with van der Waals surface area (Å²) < 4.78 is 21.7. The fourth-order valence-corrected chi connectivity index (χ4v) is 3.09. The van der Waals surface area contributed by atoms with Crippen molar-refractivity contribution in [3.63, 3.8) is 0 Å². The Labute approximate surface area is 199 Å². The highest BCUT2D eigenvalue weighted by molar-refractivity contribution is 6.34. The molecule has 178 valence electrons. The zero-order valence-electron chi connectivity index (χ0n) is 19.4. The lowest BCUT2D eigenvalue weighted by molar-refractivity contribution is -0.111. The number of halogens is 1. The molecule has 0 spiro atoms. The van der Waals surface area contributed by atoms with E-state index in [2.05, 4.69) is 12.2 Å². The number of amides is 1. The van der Waals surface area contributed by atoms with E-state index >= 15 is 0 Å². The molecule has 0 aliphatic carbocycles. The highest BCUT2D eigenvalue weighted by atomic mass is 35.5. The molecular weight excluding hydrogens is 446 g/mol. The summed E-state index contributed by atoms with van der Waals surface area (Å²) in [6, 6.07) is 8.38. The van der Waals surface area contributed by atoms with Gasteiger partial charge in [-0.1, -0.05) is 31.0 Å². The van der Waals surface area contributed by atoms with E-state index in [1.807, 2.05) is 25.1 Å². The van der Waals surface area contributed by atoms with Crippen LogP contribution in [0.1, 0.15) is 49.5 Å². The standard InChI is InChI=1S/C25H30ClNO6/c1-5-8-13-33-21-11-9-17(14-23(21)31-6-2)10-12-24(28)27-20-16-22(30-4)18(15-19(20)26)25(29)32-7-3/h9-12,14-16H,5-8,13H2,1-4H3,(H,27,28)/b12-10+. The minimum Gasteiger partial charge on any atom is -0.496 e. The summed E-state index contributed by atoms with van der Waals surface area (Å²) in [4.78, 5) is 24.5. The van der Waals surface area contributed by atoms with Crippen LogP contribution in [0.3, 0.4) is 0 Å². The smallest absolute Gasteiger partial charge is 0.341 e. The lowest BCUT2D eigenvalue weighted by Gasteiger charge is -2.13. The quantitative estimate of drug-likeness (QED) is 0.239. The second-order valence-electron chi connectivity index (χ2n) is 6.92. The van der Waals surface area contributed by atoms with Gasteiger partial charge in [0.2, 0.25) is 5.91 Å². The molecule has 0 fully saturated rings. The van der Waals surface area contributed by atoms with Crippen LogP contribution in [-0.2, 0) is 9.53 Å². The molecule has 0 aliphatic rings. The average Bonchev–Trinajstić information content (AvgIpc) is 2.80. The van der Waals surface area contributed by atoms with Crippen molar-refractivity contribution in [2.75, 3.05) is 32.2 Å². The Hall–Kier alpha value is -3.19. The van der Waals surface area contributed by atoms with Gasteiger partial charge in [0.05, 0.1) is 37.6 Å². The maximum Gasteiger partial charge on any atom is 0.341 e. The predicted molar refractivity (Wildman–Crippen MR) is 130 cm³/mol. The first-order valence-electron chi connectivity index (χ1n) is 10.9. The van der Waals surface area contributed by atoms with E-state index in [9.17, 15) is 9.59 Å². The number of unbranched alkanes of at least 4 members (excludes halogenated alkanes) is 1. The van der Waals surface area contributed by atoms with Crippen molar-refractivity contribution in [1.82, 2.24) is 0 Å². The van der Waals surface area contributed by atoms with Crippen molar-refractivity contribution in [2.45, 2.75) is 33.6 Å². The summed E-state index contributed by atoms with van der Waals surface area (Å²) in [5.41, 5.74) is 1.27. The van der Waals surface area contributed by atoms with Gasteiger partial charge in [0.25, 0.3) is 0 Å². The Balaban J connectivity index is 2.14. The fraction of sp³-hybridized carbons (Fsp3) is 0.360. The molecule has 7 nitrogen and oxygen atoms in total. The minimum absolute atomic E-state index is 0.183. The van der Waals surface area contributed by atoms with Gasteiger partial charge in [0.1, 0.15) is 11.3 Å². The van der Waals surface area contributed by atoms with Gasteiger partial charge in [-0.05, 0) is 50.1 Å². The van der Waals surface area contributed by atoms with Crippen molar-refractivity contribution >= 4 is 35.2 Å². The Kier molecular flexibility index (Phi) is 10.6. The number of nitrogens with one attached hydrogen (secondary N) is 1. The normalized spacial score (nSPS) is 10.7. The minimum atomic E-state index is -0.554. The molecule has 0 aliphatic heterocycles. The van der Waals surface area contributed by atoms with Crippen LogP contribution >= 0.6 is 11.6 Å². The van der Waals surface area contributed by atoms with Crippen LogP contribution in [0.4, 0.5) is 5.69 Å². The summed E-state index contributed by atoms with van der Waals surface area (Å²) in [6.45, 7) is 7.05. The molecule has 0 unspecified atom stereocenters. The molecule has 0 atom stereocenters. The van der Waals surface area contributed by atoms with Crippen LogP contribution in [0.15, 0.2) is 36.4 Å². The van der Waals surface area contributed by atoms with E-state index in [1.165, 1.54) is 25.3 Å². The van der Waals surface area contributed by atoms with Gasteiger partial charge in [0, 0.05) is 12.1 Å². The molecule has 33 heavy (non-hydrogen) atoms. The highest BCUT2D eigenvalue weighted by Gasteiger charge is 2.17. The van der Waals surface area contributed by atoms with Crippen molar-refractivity contribution in [2.24, 2.45) is 0 Å². The third kappa shape index (κ3) is 7.71. The first-order valence-corrected chi connectivity index (χ1v) is 11.2. The first kappa shape index (κ1) is 26.1. The number of carbonyl (C=O) groups is 2. The number of ether oxygens (including phenoxy) is 4. The number of carbonyl (C=O) groups excluding carboxylic acids is 2. The summed E-state index contributed by atoms with van der Waals surface area (Å²) in [5, 5.41) is 2.88. The summed E-state index contributed by atoms with van der Waals surface area (Å²) >= 11 is 6.26. The summed E-state index contributed by atoms with van der Waals surface area (Å²) in [6.07, 6.45) is 5.04. The van der Waals surface area contributed by atoms with Crippen molar-refractivity contribution < 1.29 is 28.5 Å². The van der Waals surface area contributed by atoms with E-state index in [4.69, 9.17) is 30.5 Å². The molecule has 0 heterocycles. The molecule has 0 saturated carbocycles. The summed E-state index contributed by atoms with van der Waals surface area (Å²) in [5.74, 6) is 0.591. The second kappa shape index (κ2) is 13.4. The van der Waals surface area contributed by atoms with Crippen LogP contribution in [-0.4, -0.2) is 38.8 Å². The van der Waals surface area contributed by atoms with Gasteiger partial charge < -0.3 is 24.3 Å². The average molecular weight is 476 g/mol. The zero-order chi connectivity index (χ0) is 24.2. The first-order chi connectivity index (χ1) is 15.9. The molecule has 2 rings (SSSR count). The van der Waals surface area contributed by atoms with Gasteiger partial charge in [-0.3, -0.25) is 4.79 Å². The van der Waals surface area contributed by atoms with Crippen LogP contribution in [0.2, 0.25) is 5.02 Å². The number of benzene rings is 2. The van der Waals surface area contributed by atoms with E-state index in [0.717, 1.165) is 18.4 Å². The molecule has 8 heteroatoms. The number of hydrogen-bond acceptors (Lipinski definition) is 6. The molecule has 0 saturated heterocycles. The third-order valence-electron chi connectivity index (χ3n) is 4.49. The monoisotopic (exact) mass is 475 g/mol. The van der Waals surface area contributed by atoms with Gasteiger partial charge in [-0.2, -0.15) is 0 Å². The highest BCUT2D eigenvalue weighted by Crippen LogP contribution is 2.32. The van der Waals surface area contributed by atoms with E-state index < -0.39 is 11.9 Å². The topological polar surface area (TPSA) is 83.1 Å². The number of hydrogen-bond donors (Lipinski definition) is 1. The fourth-order valence-electron chi connectivity index (χ4n) is 2.88. The van der Waals surface area contributed by atoms with Crippen LogP contribution in [0.5, 0.6) is 17.2 Å². The lowest BCUT2D eigenvalue weighted by Crippen LogP contribution is -2.11. The molecule has 0 radical (unpaired) electrons. The third-order valence-corrected chi connectivity index (χ3v) is 4.81. The van der Waals surface area contributed by atoms with Crippen molar-refractivity contribution in [3.8, 4) is 17.2 Å². The lowest BCUT2D eigenvalue weighted by atomic mass is 10.1. The largest absolute Gasteiger partial charge is 0.496 e. The Morgan fingerprint density at radius 2 is 1.79 bits per heavy atom. The maximum atomic E-state index is 12.5. The van der Waals surface area contributed by atoms with Crippen molar-refractivity contribution in [1.29, 1.82) is 0 Å². The number of rotatable bonds is 12. The van der Waals surface area contributed by atoms with Gasteiger partial charge >= 0.3 is 5.97 Å². The zero-order valence-corrected chi connectivity index (χ0v) is 20.2. The predicted octanol–water partition coefficient (Wildman–Crippen LogP) is 5.75. The maximum absolute atomic E-state index is 12.5. The molecule has 0 bridgehead atoms. The van der Waals surface area contributed by atoms with Crippen molar-refractivity contribution in [3.05, 3.63) is 52.6 Å². The molecular formula is C25H30ClNO6. The molecule has 1 amide bonds. The summed E-state index contributed by atoms with van der Waals surface area (Å²) in [7, 11) is 1.42. The Morgan fingerprint density at radius 3 is 2.45 bits per heavy atom. The molecule has 0 aromatic heterocycles. The van der Waals surface area contributed by atoms with E-state index in [-0.39, 0.29) is 22.9 Å². The van der Waals surface area contributed by atoms with Crippen LogP contribution in [0.25, 0.3) is 6.08 Å². The van der Waals surface area contributed by atoms with Crippen LogP contribution in [0, 0.1) is 0 Å². The van der Waals surface area contributed by atoms with E-state index in [0.29, 0.717) is 30.4 Å². The number of methoxy groups -OCH3 is 1. The van der Waals surface area contributed by atoms with Gasteiger partial charge in [-0.25, -0.2) is 4.79 Å². The molecule has 2 aromatic rings. The number of esters is 1. The van der Waals surface area contributed by atoms with E-state index in [1.54, 1.807) is 13.0 Å². The van der Waals surface area contributed by atoms with Gasteiger partial charge in [-0.15, -0.1) is 0 Å². The Bertz CT molecular complexity index is 989. The Morgan fingerprint density at radius 1 is 1.00 bits per heavy atom. The second-order valence-corrected chi connectivity index (χ2v) is 7.32. The van der Waals surface area contributed by atoms with Crippen LogP contribution < -0.4 is 19.5 Å². The molecule has 1 N–H and O–H groups in total. The number of anilines is 1. The SMILES string of the molecule is CCCCOc1ccc(/C=C/C(=O)Nc2cc(OC)c(C(=O)OCC)cc2Cl)cc1OCC. The van der Waals surface area contributed by atoms with Gasteiger partial charge in [0.15, 0.2) is 11.5 Å².